The summed E-state index contributed by atoms with van der Waals surface area (Å²) in [6.07, 6.45) is 4.58. The summed E-state index contributed by atoms with van der Waals surface area (Å²) in [4.78, 5) is 4.08. The molecule has 0 spiro atoms. The Morgan fingerprint density at radius 3 is 2.88 bits per heavy atom. The molecule has 0 aromatic carbocycles. The lowest BCUT2D eigenvalue weighted by atomic mass is 10.2. The molecule has 0 aliphatic rings. The van der Waals surface area contributed by atoms with Crippen molar-refractivity contribution in [1.82, 2.24) is 10.3 Å². The maximum Gasteiger partial charge on any atom is 0.135 e. The van der Waals surface area contributed by atoms with E-state index in [1.54, 1.807) is 6.20 Å². The molecule has 0 bridgehead atoms. The number of aromatic nitrogens is 1. The van der Waals surface area contributed by atoms with Crippen LogP contribution < -0.4 is 5.32 Å². The Kier molecular flexibility index (Phi) is 3.37. The molecule has 2 aromatic heterocycles. The predicted molar refractivity (Wildman–Crippen MR) is 64.0 cm³/mol. The second-order valence-corrected chi connectivity index (χ2v) is 3.69. The Bertz CT molecular complexity index is 432. The van der Waals surface area contributed by atoms with E-state index < -0.39 is 0 Å². The van der Waals surface area contributed by atoms with Gasteiger partial charge in [-0.25, -0.2) is 0 Å². The third-order valence-electron chi connectivity index (χ3n) is 2.67. The fourth-order valence-corrected chi connectivity index (χ4v) is 1.75. The quantitative estimate of drug-likeness (QED) is 0.853. The van der Waals surface area contributed by atoms with Crippen LogP contribution in [-0.4, -0.2) is 12.0 Å². The van der Waals surface area contributed by atoms with Gasteiger partial charge in [0.25, 0.3) is 0 Å². The molecule has 16 heavy (non-hydrogen) atoms. The van der Waals surface area contributed by atoms with Crippen LogP contribution in [-0.2, 0) is 0 Å². The van der Waals surface area contributed by atoms with Gasteiger partial charge in [0.05, 0.1) is 6.04 Å². The molecule has 0 saturated heterocycles. The van der Waals surface area contributed by atoms with E-state index in [9.17, 15) is 0 Å². The summed E-state index contributed by atoms with van der Waals surface area (Å²) in [6, 6.07) is 8.20. The third-order valence-corrected chi connectivity index (χ3v) is 2.67. The van der Waals surface area contributed by atoms with Crippen LogP contribution in [0.1, 0.15) is 25.1 Å². The first kappa shape index (κ1) is 10.9. The van der Waals surface area contributed by atoms with Crippen LogP contribution >= 0.6 is 0 Å². The molecular formula is C13H16N2O. The molecule has 1 N–H and O–H groups in total. The average molecular weight is 216 g/mol. The number of hydrogen-bond acceptors (Lipinski definition) is 3. The number of rotatable bonds is 4. The van der Waals surface area contributed by atoms with Crippen molar-refractivity contribution in [2.45, 2.75) is 19.4 Å². The van der Waals surface area contributed by atoms with E-state index in [2.05, 4.69) is 17.2 Å². The van der Waals surface area contributed by atoms with Crippen LogP contribution in [0.5, 0.6) is 0 Å². The lowest BCUT2D eigenvalue weighted by Crippen LogP contribution is -2.14. The summed E-state index contributed by atoms with van der Waals surface area (Å²) in [7, 11) is 1.94. The second kappa shape index (κ2) is 4.94. The summed E-state index contributed by atoms with van der Waals surface area (Å²) < 4.78 is 5.81. The first-order chi connectivity index (χ1) is 7.85. The van der Waals surface area contributed by atoms with Crippen LogP contribution in [0.3, 0.4) is 0 Å². The minimum Gasteiger partial charge on any atom is -0.459 e. The minimum absolute atomic E-state index is 0.283. The van der Waals surface area contributed by atoms with Gasteiger partial charge >= 0.3 is 0 Å². The van der Waals surface area contributed by atoms with E-state index in [4.69, 9.17) is 4.42 Å². The molecule has 2 rings (SSSR count). The van der Waals surface area contributed by atoms with Gasteiger partial charge in [-0.05, 0) is 37.7 Å². The van der Waals surface area contributed by atoms with Gasteiger partial charge in [-0.1, -0.05) is 6.92 Å². The Balaban J connectivity index is 2.26. The molecule has 0 aliphatic carbocycles. The van der Waals surface area contributed by atoms with Gasteiger partial charge in [0, 0.05) is 18.0 Å². The fourth-order valence-electron chi connectivity index (χ4n) is 1.75. The summed E-state index contributed by atoms with van der Waals surface area (Å²) in [5, 5.41) is 3.22. The zero-order valence-corrected chi connectivity index (χ0v) is 9.60. The van der Waals surface area contributed by atoms with Gasteiger partial charge in [0.15, 0.2) is 0 Å². The van der Waals surface area contributed by atoms with Gasteiger partial charge in [-0.15, -0.1) is 0 Å². The van der Waals surface area contributed by atoms with Crippen molar-refractivity contribution in [3.63, 3.8) is 0 Å². The van der Waals surface area contributed by atoms with E-state index in [1.165, 1.54) is 0 Å². The maximum atomic E-state index is 5.81. The smallest absolute Gasteiger partial charge is 0.135 e. The average Bonchev–Trinajstić information content (AvgIpc) is 2.81. The molecule has 3 heteroatoms. The molecule has 0 saturated carbocycles. The molecule has 3 nitrogen and oxygen atoms in total. The predicted octanol–water partition coefficient (Wildman–Crippen LogP) is 3.01. The molecule has 0 aliphatic heterocycles. The van der Waals surface area contributed by atoms with E-state index in [1.807, 2.05) is 37.5 Å². The molecule has 84 valence electrons. The van der Waals surface area contributed by atoms with Crippen molar-refractivity contribution in [3.05, 3.63) is 42.4 Å². The topological polar surface area (TPSA) is 38.1 Å². The molecular weight excluding hydrogens is 200 g/mol. The summed E-state index contributed by atoms with van der Waals surface area (Å²) in [5.41, 5.74) is 1.01. The van der Waals surface area contributed by atoms with Gasteiger partial charge < -0.3 is 9.73 Å². The van der Waals surface area contributed by atoms with Crippen LogP contribution in [0.15, 0.2) is 41.1 Å². The second-order valence-electron chi connectivity index (χ2n) is 3.69. The first-order valence-electron chi connectivity index (χ1n) is 5.52. The number of nitrogens with zero attached hydrogens (tertiary/aromatic N) is 1. The number of pyridine rings is 1. The standard InChI is InChI=1S/C13H16N2O/c1-3-11(14-2)13-7-6-12(16-13)10-5-4-8-15-9-10/h4-9,11,14H,3H2,1-2H3. The van der Waals surface area contributed by atoms with Crippen LogP contribution in [0.2, 0.25) is 0 Å². The SMILES string of the molecule is CCC(NC)c1ccc(-c2cccnc2)o1. The van der Waals surface area contributed by atoms with E-state index >= 15 is 0 Å². The van der Waals surface area contributed by atoms with Crippen molar-refractivity contribution in [2.24, 2.45) is 0 Å². The van der Waals surface area contributed by atoms with Gasteiger partial charge in [-0.2, -0.15) is 0 Å². The number of furan rings is 1. The zero-order valence-electron chi connectivity index (χ0n) is 9.60. The van der Waals surface area contributed by atoms with E-state index in [0.717, 1.165) is 23.5 Å². The molecule has 1 unspecified atom stereocenters. The molecule has 0 fully saturated rings. The third kappa shape index (κ3) is 2.14. The van der Waals surface area contributed by atoms with Gasteiger partial charge in [0.2, 0.25) is 0 Å². The highest BCUT2D eigenvalue weighted by atomic mass is 16.3. The largest absolute Gasteiger partial charge is 0.459 e. The Morgan fingerprint density at radius 2 is 2.25 bits per heavy atom. The lowest BCUT2D eigenvalue weighted by Gasteiger charge is -2.09. The van der Waals surface area contributed by atoms with Crippen molar-refractivity contribution < 1.29 is 4.42 Å². The fraction of sp³-hybridized carbons (Fsp3) is 0.308. The summed E-state index contributed by atoms with van der Waals surface area (Å²) >= 11 is 0. The van der Waals surface area contributed by atoms with E-state index in [0.29, 0.717) is 0 Å². The lowest BCUT2D eigenvalue weighted by molar-refractivity contribution is 0.431. The Morgan fingerprint density at radius 1 is 1.38 bits per heavy atom. The van der Waals surface area contributed by atoms with Crippen LogP contribution in [0.25, 0.3) is 11.3 Å². The highest BCUT2D eigenvalue weighted by molar-refractivity contribution is 5.55. The molecule has 1 atom stereocenters. The van der Waals surface area contributed by atoms with Crippen molar-refractivity contribution >= 4 is 0 Å². The normalized spacial score (nSPS) is 12.6. The number of hydrogen-bond donors (Lipinski definition) is 1. The monoisotopic (exact) mass is 216 g/mol. The summed E-state index contributed by atoms with van der Waals surface area (Å²) in [5.74, 6) is 1.85. The van der Waals surface area contributed by atoms with Crippen molar-refractivity contribution in [1.29, 1.82) is 0 Å². The minimum atomic E-state index is 0.283. The summed E-state index contributed by atoms with van der Waals surface area (Å²) in [6.45, 7) is 2.13. The molecule has 0 radical (unpaired) electrons. The Hall–Kier alpha value is -1.61. The van der Waals surface area contributed by atoms with E-state index in [-0.39, 0.29) is 6.04 Å². The highest BCUT2D eigenvalue weighted by Gasteiger charge is 2.12. The molecule has 0 amide bonds. The van der Waals surface area contributed by atoms with Gasteiger partial charge in [-0.3, -0.25) is 4.98 Å². The number of nitrogens with one attached hydrogen (secondary N) is 1. The molecule has 2 heterocycles. The molecule has 2 aromatic rings. The van der Waals surface area contributed by atoms with Crippen molar-refractivity contribution in [3.8, 4) is 11.3 Å². The Labute approximate surface area is 95.5 Å². The van der Waals surface area contributed by atoms with Gasteiger partial charge in [0.1, 0.15) is 11.5 Å². The van der Waals surface area contributed by atoms with Crippen molar-refractivity contribution in [2.75, 3.05) is 7.05 Å². The van der Waals surface area contributed by atoms with Crippen LogP contribution in [0.4, 0.5) is 0 Å². The maximum absolute atomic E-state index is 5.81. The zero-order chi connectivity index (χ0) is 11.4. The van der Waals surface area contributed by atoms with Crippen LogP contribution in [0, 0.1) is 0 Å². The highest BCUT2D eigenvalue weighted by Crippen LogP contribution is 2.25. The first-order valence-corrected chi connectivity index (χ1v) is 5.52.